The number of nitrogens with one attached hydrogen (secondary N) is 1. The normalized spacial score (nSPS) is 16.3. The number of hydrogen-bond donors (Lipinski definition) is 1. The molecule has 0 unspecified atom stereocenters. The molecule has 0 bridgehead atoms. The van der Waals surface area contributed by atoms with E-state index in [0.29, 0.717) is 6.04 Å². The van der Waals surface area contributed by atoms with Crippen molar-refractivity contribution in [2.75, 3.05) is 25.0 Å². The number of hydrogen-bond acceptors (Lipinski definition) is 4. The summed E-state index contributed by atoms with van der Waals surface area (Å²) in [5.74, 6) is 0.958. The molecule has 5 heteroatoms. The van der Waals surface area contributed by atoms with E-state index < -0.39 is 0 Å². The summed E-state index contributed by atoms with van der Waals surface area (Å²) in [5, 5.41) is 6.70. The van der Waals surface area contributed by atoms with E-state index in [0.717, 1.165) is 49.3 Å². The van der Waals surface area contributed by atoms with Gasteiger partial charge in [0.05, 0.1) is 5.39 Å². The van der Waals surface area contributed by atoms with Gasteiger partial charge in [0, 0.05) is 43.9 Å². The number of likely N-dealkylation sites (tertiary alicyclic amines) is 1. The second-order valence-corrected chi connectivity index (χ2v) is 7.50. The predicted molar refractivity (Wildman–Crippen MR) is 109 cm³/mol. The van der Waals surface area contributed by atoms with E-state index in [9.17, 15) is 0 Å². The Balaban J connectivity index is 1.24. The van der Waals surface area contributed by atoms with Crippen molar-refractivity contribution in [2.45, 2.75) is 25.4 Å². The zero-order chi connectivity index (χ0) is 18.2. The number of nitrogens with zero attached hydrogens (tertiary/aromatic N) is 3. The molecule has 0 atom stereocenters. The molecule has 1 fully saturated rings. The zero-order valence-corrected chi connectivity index (χ0v) is 15.6. The highest BCUT2D eigenvalue weighted by Crippen LogP contribution is 2.29. The Kier molecular flexibility index (Phi) is 4.09. The Bertz CT molecular complexity index is 1030. The average molecular weight is 360 g/mol. The van der Waals surface area contributed by atoms with E-state index in [-0.39, 0.29) is 0 Å². The lowest BCUT2D eigenvalue weighted by molar-refractivity contribution is 0.201. The van der Waals surface area contributed by atoms with Crippen LogP contribution in [0, 0.1) is 0 Å². The number of fused-ring (bicyclic) bond motifs is 2. The van der Waals surface area contributed by atoms with Gasteiger partial charge >= 0.3 is 0 Å². The van der Waals surface area contributed by atoms with Crippen molar-refractivity contribution < 1.29 is 4.52 Å². The largest absolute Gasteiger partial charge is 0.357 e. The van der Waals surface area contributed by atoms with Crippen LogP contribution < -0.4 is 4.90 Å². The van der Waals surface area contributed by atoms with Crippen molar-refractivity contribution in [3.8, 4) is 0 Å². The summed E-state index contributed by atoms with van der Waals surface area (Å²) < 4.78 is 5.48. The van der Waals surface area contributed by atoms with E-state index in [1.165, 1.54) is 16.6 Å². The molecule has 5 rings (SSSR count). The van der Waals surface area contributed by atoms with Gasteiger partial charge in [-0.25, -0.2) is 0 Å². The Labute approximate surface area is 158 Å². The first-order valence-electron chi connectivity index (χ1n) is 9.64. The molecule has 0 aliphatic carbocycles. The van der Waals surface area contributed by atoms with Gasteiger partial charge in [-0.15, -0.1) is 0 Å². The van der Waals surface area contributed by atoms with Crippen LogP contribution in [0.25, 0.3) is 21.9 Å². The lowest BCUT2D eigenvalue weighted by Crippen LogP contribution is -2.43. The van der Waals surface area contributed by atoms with Crippen LogP contribution in [0.1, 0.15) is 18.5 Å². The zero-order valence-electron chi connectivity index (χ0n) is 15.6. The second-order valence-electron chi connectivity index (χ2n) is 7.50. The molecule has 2 aromatic heterocycles. The number of piperidine rings is 1. The minimum Gasteiger partial charge on any atom is -0.357 e. The first-order valence-corrected chi connectivity index (χ1v) is 9.64. The molecule has 3 heterocycles. The molecule has 1 N–H and O–H groups in total. The lowest BCUT2D eigenvalue weighted by Gasteiger charge is -2.36. The van der Waals surface area contributed by atoms with Crippen LogP contribution >= 0.6 is 0 Å². The Morgan fingerprint density at radius 3 is 2.74 bits per heavy atom. The molecular weight excluding hydrogens is 336 g/mol. The van der Waals surface area contributed by atoms with Gasteiger partial charge in [-0.2, -0.15) is 0 Å². The number of aromatic amines is 1. The topological polar surface area (TPSA) is 48.3 Å². The monoisotopic (exact) mass is 360 g/mol. The van der Waals surface area contributed by atoms with Crippen LogP contribution in [0.4, 0.5) is 5.82 Å². The summed E-state index contributed by atoms with van der Waals surface area (Å²) in [4.78, 5) is 8.38. The van der Waals surface area contributed by atoms with E-state index in [1.807, 2.05) is 18.2 Å². The molecule has 138 valence electrons. The standard InChI is InChI=1S/C22H24N4O/c1-25(22-19-7-3-5-9-21(19)27-24-22)18-10-12-26(13-11-18)15-17-14-16-6-2-4-8-20(16)23-17/h2-9,14,18,23H,10-13,15H2,1H3. The minimum absolute atomic E-state index is 0.498. The Hall–Kier alpha value is -2.79. The summed E-state index contributed by atoms with van der Waals surface area (Å²) >= 11 is 0. The summed E-state index contributed by atoms with van der Waals surface area (Å²) in [6.07, 6.45) is 2.27. The van der Waals surface area contributed by atoms with Gasteiger partial charge in [0.15, 0.2) is 11.4 Å². The van der Waals surface area contributed by atoms with Gasteiger partial charge in [-0.05, 0) is 42.5 Å². The van der Waals surface area contributed by atoms with Gasteiger partial charge in [-0.1, -0.05) is 35.5 Å². The first-order chi connectivity index (χ1) is 13.3. The van der Waals surface area contributed by atoms with Crippen LogP contribution in [0.2, 0.25) is 0 Å². The average Bonchev–Trinajstić information content (AvgIpc) is 3.31. The SMILES string of the molecule is CN(c1noc2ccccc12)C1CCN(Cc2cc3ccccc3[nH]2)CC1. The van der Waals surface area contributed by atoms with Gasteiger partial charge < -0.3 is 14.4 Å². The maximum absolute atomic E-state index is 5.48. The third kappa shape index (κ3) is 3.08. The van der Waals surface area contributed by atoms with Crippen LogP contribution in [0.3, 0.4) is 0 Å². The molecule has 5 nitrogen and oxygen atoms in total. The maximum Gasteiger partial charge on any atom is 0.179 e. The fraction of sp³-hybridized carbons (Fsp3) is 0.318. The van der Waals surface area contributed by atoms with E-state index in [4.69, 9.17) is 4.52 Å². The summed E-state index contributed by atoms with van der Waals surface area (Å²) in [6.45, 7) is 3.18. The quantitative estimate of drug-likeness (QED) is 0.586. The Morgan fingerprint density at radius 2 is 1.89 bits per heavy atom. The second kappa shape index (κ2) is 6.74. The van der Waals surface area contributed by atoms with Crippen LogP contribution in [-0.4, -0.2) is 41.2 Å². The maximum atomic E-state index is 5.48. The molecule has 1 aliphatic rings. The molecular formula is C22H24N4O. The summed E-state index contributed by atoms with van der Waals surface area (Å²) in [7, 11) is 2.14. The van der Waals surface area contributed by atoms with Crippen LogP contribution in [0.5, 0.6) is 0 Å². The van der Waals surface area contributed by atoms with E-state index >= 15 is 0 Å². The third-order valence-corrected chi connectivity index (χ3v) is 5.78. The highest BCUT2D eigenvalue weighted by Gasteiger charge is 2.25. The van der Waals surface area contributed by atoms with Crippen molar-refractivity contribution >= 4 is 27.7 Å². The number of H-pyrrole nitrogens is 1. The fourth-order valence-electron chi connectivity index (χ4n) is 4.22. The summed E-state index contributed by atoms with van der Waals surface area (Å²) in [5.41, 5.74) is 3.38. The first kappa shape index (κ1) is 16.4. The molecule has 2 aromatic carbocycles. The molecule has 27 heavy (non-hydrogen) atoms. The molecule has 0 amide bonds. The van der Waals surface area contributed by atoms with Gasteiger partial charge in [0.2, 0.25) is 0 Å². The van der Waals surface area contributed by atoms with Crippen molar-refractivity contribution in [1.29, 1.82) is 0 Å². The van der Waals surface area contributed by atoms with Gasteiger partial charge in [0.25, 0.3) is 0 Å². The van der Waals surface area contributed by atoms with Gasteiger partial charge in [-0.3, -0.25) is 4.90 Å². The highest BCUT2D eigenvalue weighted by molar-refractivity contribution is 5.88. The number of benzene rings is 2. The number of para-hydroxylation sites is 2. The molecule has 4 aromatic rings. The summed E-state index contributed by atoms with van der Waals surface area (Å²) in [6, 6.07) is 19.3. The number of aromatic nitrogens is 2. The lowest BCUT2D eigenvalue weighted by atomic mass is 10.0. The van der Waals surface area contributed by atoms with Crippen molar-refractivity contribution in [1.82, 2.24) is 15.0 Å². The van der Waals surface area contributed by atoms with Crippen LogP contribution in [-0.2, 0) is 6.54 Å². The molecule has 1 aliphatic heterocycles. The predicted octanol–water partition coefficient (Wildman–Crippen LogP) is 4.41. The van der Waals surface area contributed by atoms with Crippen molar-refractivity contribution in [3.05, 3.63) is 60.3 Å². The Morgan fingerprint density at radius 1 is 1.11 bits per heavy atom. The molecule has 0 saturated carbocycles. The van der Waals surface area contributed by atoms with Crippen molar-refractivity contribution in [2.24, 2.45) is 0 Å². The highest BCUT2D eigenvalue weighted by atomic mass is 16.5. The minimum atomic E-state index is 0.498. The third-order valence-electron chi connectivity index (χ3n) is 5.78. The molecule has 0 spiro atoms. The smallest absolute Gasteiger partial charge is 0.179 e. The van der Waals surface area contributed by atoms with Crippen LogP contribution in [0.15, 0.2) is 59.1 Å². The van der Waals surface area contributed by atoms with Crippen molar-refractivity contribution in [3.63, 3.8) is 0 Å². The number of rotatable bonds is 4. The van der Waals surface area contributed by atoms with E-state index in [1.54, 1.807) is 0 Å². The number of anilines is 1. The molecule has 0 radical (unpaired) electrons. The van der Waals surface area contributed by atoms with Gasteiger partial charge in [0.1, 0.15) is 0 Å². The van der Waals surface area contributed by atoms with E-state index in [2.05, 4.69) is 63.4 Å². The fourth-order valence-corrected chi connectivity index (χ4v) is 4.22. The molecule has 1 saturated heterocycles.